The van der Waals surface area contributed by atoms with Gasteiger partial charge in [-0.05, 0) is 64.2 Å². The largest absolute Gasteiger partial charge is 0.472 e. The van der Waals surface area contributed by atoms with E-state index in [0.717, 1.165) is 83.5 Å². The third-order valence-electron chi connectivity index (χ3n) is 12.8. The zero-order valence-electron chi connectivity index (χ0n) is 44.5. The lowest BCUT2D eigenvalue weighted by molar-refractivity contribution is -0.220. The van der Waals surface area contributed by atoms with E-state index in [1.807, 2.05) is 0 Å². The number of esters is 1. The lowest BCUT2D eigenvalue weighted by Gasteiger charge is -2.41. The summed E-state index contributed by atoms with van der Waals surface area (Å²) < 4.78 is 34.4. The van der Waals surface area contributed by atoms with Gasteiger partial charge in [-0.3, -0.25) is 13.8 Å². The molecule has 0 radical (unpaired) electrons. The third kappa shape index (κ3) is 38.9. The molecule has 0 aromatic heterocycles. The zero-order chi connectivity index (χ0) is 51.9. The van der Waals surface area contributed by atoms with E-state index >= 15 is 0 Å². The normalized spacial score (nSPS) is 21.3. The highest BCUT2D eigenvalue weighted by molar-refractivity contribution is 7.47. The van der Waals surface area contributed by atoms with Gasteiger partial charge in [-0.1, -0.05) is 228 Å². The van der Waals surface area contributed by atoms with E-state index in [4.69, 9.17) is 18.5 Å². The van der Waals surface area contributed by atoms with Crippen molar-refractivity contribution in [1.82, 2.24) is 0 Å². The van der Waals surface area contributed by atoms with Gasteiger partial charge in [-0.15, -0.1) is 0 Å². The number of carbonyl (C=O) groups is 1. The Morgan fingerprint density at radius 1 is 0.465 bits per heavy atom. The molecule has 0 spiro atoms. The lowest BCUT2D eigenvalue weighted by Crippen LogP contribution is -2.64. The van der Waals surface area contributed by atoms with E-state index in [2.05, 4.69) is 86.8 Å². The van der Waals surface area contributed by atoms with Crippen LogP contribution in [0.4, 0.5) is 0 Å². The standard InChI is InChI=1S/C58H103O12P/c1-3-5-7-9-11-13-15-17-19-21-23-25-26-27-29-31-33-35-37-39-41-43-45-47-52(59)69-51(50-68-71(65,66)70-58-56(63)54(61)53(60)55(62)57(58)64)49-67-48-46-44-42-40-38-36-34-32-30-28-24-22-20-18-16-14-12-10-8-6-4-2/h5,7,11,13,17,19,23,25,27,29,33,35,51,53-58,60-64H,3-4,6,8-10,12,14-16,18,20-22,24,26,28,30-32,34,36-50H2,1-2H3,(H,65,66)/b7-5-,13-11-,19-17-,25-23-,29-27-,35-33-. The van der Waals surface area contributed by atoms with Crippen molar-refractivity contribution < 1.29 is 58.3 Å². The molecule has 1 aliphatic rings. The van der Waals surface area contributed by atoms with E-state index in [1.165, 1.54) is 116 Å². The second-order valence-corrected chi connectivity index (χ2v) is 20.8. The van der Waals surface area contributed by atoms with Crippen molar-refractivity contribution >= 4 is 13.8 Å². The average Bonchev–Trinajstić information content (AvgIpc) is 3.36. The fourth-order valence-corrected chi connectivity index (χ4v) is 9.39. The van der Waals surface area contributed by atoms with Gasteiger partial charge in [0.15, 0.2) is 0 Å². The van der Waals surface area contributed by atoms with Crippen LogP contribution in [0.3, 0.4) is 0 Å². The molecular weight excluding hydrogens is 920 g/mol. The predicted octanol–water partition coefficient (Wildman–Crippen LogP) is 13.5. The minimum Gasteiger partial charge on any atom is -0.457 e. The zero-order valence-corrected chi connectivity index (χ0v) is 45.4. The quantitative estimate of drug-likeness (QED) is 0.0146. The molecule has 0 aromatic carbocycles. The van der Waals surface area contributed by atoms with Gasteiger partial charge in [0.25, 0.3) is 0 Å². The van der Waals surface area contributed by atoms with Crippen LogP contribution in [0.1, 0.15) is 226 Å². The Morgan fingerprint density at radius 2 is 0.831 bits per heavy atom. The first-order chi connectivity index (χ1) is 34.5. The summed E-state index contributed by atoms with van der Waals surface area (Å²) >= 11 is 0. The number of rotatable bonds is 48. The number of ether oxygens (including phenoxy) is 2. The molecule has 412 valence electrons. The van der Waals surface area contributed by atoms with Crippen LogP contribution in [0.5, 0.6) is 0 Å². The van der Waals surface area contributed by atoms with Gasteiger partial charge in [-0.2, -0.15) is 0 Å². The number of hydrogen-bond acceptors (Lipinski definition) is 11. The molecular formula is C58H103O12P. The van der Waals surface area contributed by atoms with Gasteiger partial charge in [0.05, 0.1) is 13.2 Å². The van der Waals surface area contributed by atoms with Crippen molar-refractivity contribution in [1.29, 1.82) is 0 Å². The van der Waals surface area contributed by atoms with Crippen LogP contribution in [0.25, 0.3) is 0 Å². The fraction of sp³-hybridized carbons (Fsp3) is 0.776. The maximum atomic E-state index is 12.9. The van der Waals surface area contributed by atoms with Gasteiger partial charge in [0, 0.05) is 13.0 Å². The molecule has 0 bridgehead atoms. The van der Waals surface area contributed by atoms with Crippen molar-refractivity contribution in [3.63, 3.8) is 0 Å². The molecule has 0 aliphatic heterocycles. The molecule has 13 heteroatoms. The van der Waals surface area contributed by atoms with Crippen molar-refractivity contribution in [2.75, 3.05) is 19.8 Å². The second-order valence-electron chi connectivity index (χ2n) is 19.4. The summed E-state index contributed by atoms with van der Waals surface area (Å²) in [6, 6.07) is 0. The monoisotopic (exact) mass is 1020 g/mol. The lowest BCUT2D eigenvalue weighted by atomic mass is 9.85. The average molecular weight is 1020 g/mol. The maximum Gasteiger partial charge on any atom is 0.472 e. The number of carbonyl (C=O) groups excluding carboxylic acids is 1. The first-order valence-corrected chi connectivity index (χ1v) is 29.8. The number of aliphatic hydroxyl groups excluding tert-OH is 5. The maximum absolute atomic E-state index is 12.9. The van der Waals surface area contributed by atoms with Gasteiger partial charge < -0.3 is 39.9 Å². The molecule has 0 aromatic rings. The van der Waals surface area contributed by atoms with Crippen LogP contribution in [0, 0.1) is 0 Å². The highest BCUT2D eigenvalue weighted by Gasteiger charge is 2.51. The number of hydrogen-bond donors (Lipinski definition) is 6. The molecule has 1 rings (SSSR count). The highest BCUT2D eigenvalue weighted by atomic mass is 31.2. The molecule has 0 heterocycles. The molecule has 12 nitrogen and oxygen atoms in total. The van der Waals surface area contributed by atoms with Crippen LogP contribution in [-0.2, 0) is 27.9 Å². The number of unbranched alkanes of at least 4 members (excludes halogenated alkanes) is 24. The van der Waals surface area contributed by atoms with Crippen LogP contribution >= 0.6 is 7.82 Å². The third-order valence-corrected chi connectivity index (χ3v) is 13.8. The van der Waals surface area contributed by atoms with Gasteiger partial charge in [0.1, 0.15) is 42.7 Å². The predicted molar refractivity (Wildman–Crippen MR) is 290 cm³/mol. The molecule has 6 atom stereocenters. The Labute approximate surface area is 431 Å². The topological polar surface area (TPSA) is 192 Å². The number of aliphatic hydroxyl groups is 5. The van der Waals surface area contributed by atoms with E-state index in [9.17, 15) is 39.8 Å². The van der Waals surface area contributed by atoms with Gasteiger partial charge >= 0.3 is 13.8 Å². The van der Waals surface area contributed by atoms with Crippen LogP contribution in [0.15, 0.2) is 72.9 Å². The van der Waals surface area contributed by atoms with E-state index in [1.54, 1.807) is 0 Å². The number of allylic oxidation sites excluding steroid dienone is 12. The smallest absolute Gasteiger partial charge is 0.457 e. The molecule has 6 N–H and O–H groups in total. The Kier molecular flexibility index (Phi) is 44.7. The van der Waals surface area contributed by atoms with Crippen LogP contribution < -0.4 is 0 Å². The van der Waals surface area contributed by atoms with Crippen molar-refractivity contribution in [3.05, 3.63) is 72.9 Å². The molecule has 1 saturated carbocycles. The van der Waals surface area contributed by atoms with Crippen molar-refractivity contribution in [2.24, 2.45) is 0 Å². The Balaban J connectivity index is 2.33. The van der Waals surface area contributed by atoms with E-state index < -0.39 is 63.1 Å². The minimum absolute atomic E-state index is 0.0881. The molecule has 6 unspecified atom stereocenters. The van der Waals surface area contributed by atoms with Crippen LogP contribution in [-0.4, -0.2) is 98.9 Å². The van der Waals surface area contributed by atoms with Crippen molar-refractivity contribution in [3.8, 4) is 0 Å². The highest BCUT2D eigenvalue weighted by Crippen LogP contribution is 2.47. The SMILES string of the molecule is CC/C=C\C/C=C\C/C=C\C/C=C\C/C=C\C/C=C\CCCCCCC(=O)OC(COCCCCCCCCCCCCCCCCCCCCCCC)COP(=O)(O)OC1C(O)C(O)C(O)C(O)C1O. The Morgan fingerprint density at radius 3 is 1.27 bits per heavy atom. The summed E-state index contributed by atoms with van der Waals surface area (Å²) in [4.78, 5) is 23.3. The Bertz CT molecular complexity index is 1450. The molecule has 1 aliphatic carbocycles. The summed E-state index contributed by atoms with van der Waals surface area (Å²) in [6.07, 6.45) is 51.1. The Hall–Kier alpha value is -2.22. The fourth-order valence-electron chi connectivity index (χ4n) is 8.42. The summed E-state index contributed by atoms with van der Waals surface area (Å²) in [5, 5.41) is 50.4. The minimum atomic E-state index is -5.04. The second kappa shape index (κ2) is 47.5. The van der Waals surface area contributed by atoms with E-state index in [0.29, 0.717) is 13.0 Å². The summed E-state index contributed by atoms with van der Waals surface area (Å²) in [6.45, 7) is 4.15. The molecule has 0 saturated heterocycles. The number of phosphoric acid groups is 1. The van der Waals surface area contributed by atoms with Crippen LogP contribution in [0.2, 0.25) is 0 Å². The van der Waals surface area contributed by atoms with E-state index in [-0.39, 0.29) is 13.0 Å². The summed E-state index contributed by atoms with van der Waals surface area (Å²) in [5.41, 5.74) is 0. The molecule has 71 heavy (non-hydrogen) atoms. The molecule has 0 amide bonds. The van der Waals surface area contributed by atoms with Crippen molar-refractivity contribution in [2.45, 2.75) is 268 Å². The number of phosphoric ester groups is 1. The molecule has 1 fully saturated rings. The van der Waals surface area contributed by atoms with Gasteiger partial charge in [0.2, 0.25) is 0 Å². The van der Waals surface area contributed by atoms with Gasteiger partial charge in [-0.25, -0.2) is 4.57 Å². The first-order valence-electron chi connectivity index (χ1n) is 28.3. The summed E-state index contributed by atoms with van der Waals surface area (Å²) in [5.74, 6) is -0.500. The first kappa shape index (κ1) is 66.8. The summed E-state index contributed by atoms with van der Waals surface area (Å²) in [7, 11) is -5.04.